The minimum atomic E-state index is -1.30. The SMILES string of the molecule is CC(C)(C)OC(=O)N[C@@H](Cc1ccccc1)C(=O)N[C@@H](CC(=O)NC(c1ccccc1)(c1ccccc1)c1ccccc1)C(=O)NCc1ccccc1. The van der Waals surface area contributed by atoms with Gasteiger partial charge in [-0.1, -0.05) is 152 Å². The van der Waals surface area contributed by atoms with Crippen LogP contribution in [0.25, 0.3) is 0 Å². The lowest BCUT2D eigenvalue weighted by molar-refractivity contribution is -0.133. The maximum Gasteiger partial charge on any atom is 0.408 e. The van der Waals surface area contributed by atoms with Crippen molar-refractivity contribution in [3.05, 3.63) is 179 Å². The number of alkyl carbamates (subject to hydrolysis) is 1. The van der Waals surface area contributed by atoms with Crippen LogP contribution in [0, 0.1) is 0 Å². The van der Waals surface area contributed by atoms with Gasteiger partial charge in [0.1, 0.15) is 23.2 Å². The first kappa shape index (κ1) is 38.0. The van der Waals surface area contributed by atoms with Gasteiger partial charge < -0.3 is 26.0 Å². The molecule has 0 radical (unpaired) electrons. The molecular weight excluding hydrogens is 665 g/mol. The van der Waals surface area contributed by atoms with Gasteiger partial charge in [0.05, 0.1) is 6.42 Å². The van der Waals surface area contributed by atoms with Crippen molar-refractivity contribution in [1.82, 2.24) is 21.3 Å². The molecule has 0 aliphatic heterocycles. The van der Waals surface area contributed by atoms with E-state index in [1.165, 1.54) is 0 Å². The molecule has 0 spiro atoms. The highest BCUT2D eigenvalue weighted by atomic mass is 16.6. The molecule has 0 aliphatic carbocycles. The Hall–Kier alpha value is -6.22. The van der Waals surface area contributed by atoms with E-state index in [1.54, 1.807) is 20.8 Å². The van der Waals surface area contributed by atoms with Gasteiger partial charge in [-0.3, -0.25) is 14.4 Å². The van der Waals surface area contributed by atoms with E-state index >= 15 is 0 Å². The highest BCUT2D eigenvalue weighted by molar-refractivity contribution is 5.94. The Morgan fingerprint density at radius 2 is 0.981 bits per heavy atom. The number of rotatable bonds is 14. The topological polar surface area (TPSA) is 126 Å². The van der Waals surface area contributed by atoms with Crippen LogP contribution in [0.3, 0.4) is 0 Å². The Labute approximate surface area is 311 Å². The zero-order valence-corrected chi connectivity index (χ0v) is 30.3. The number of nitrogens with one attached hydrogen (secondary N) is 4. The minimum Gasteiger partial charge on any atom is -0.444 e. The summed E-state index contributed by atoms with van der Waals surface area (Å²) in [5.74, 6) is -1.69. The van der Waals surface area contributed by atoms with Gasteiger partial charge >= 0.3 is 6.09 Å². The van der Waals surface area contributed by atoms with E-state index in [4.69, 9.17) is 4.74 Å². The first-order valence-electron chi connectivity index (χ1n) is 17.7. The molecule has 53 heavy (non-hydrogen) atoms. The predicted molar refractivity (Wildman–Crippen MR) is 205 cm³/mol. The van der Waals surface area contributed by atoms with Crippen molar-refractivity contribution in [2.45, 2.75) is 63.4 Å². The van der Waals surface area contributed by atoms with E-state index in [-0.39, 0.29) is 13.0 Å². The van der Waals surface area contributed by atoms with Crippen LogP contribution in [0.1, 0.15) is 55.0 Å². The van der Waals surface area contributed by atoms with E-state index in [0.29, 0.717) is 0 Å². The molecule has 0 heterocycles. The summed E-state index contributed by atoms with van der Waals surface area (Å²) in [6.45, 7) is 5.36. The van der Waals surface area contributed by atoms with Crippen molar-refractivity contribution in [3.8, 4) is 0 Å². The standard InChI is InChI=1S/C44H46N4O5/c1-43(2,3)53-42(52)47-37(29-32-19-9-4-10-20-32)41(51)46-38(40(50)45-31-33-21-11-5-12-22-33)30-39(49)48-44(34-23-13-6-14-24-34,35-25-15-7-16-26-35)36-27-17-8-18-28-36/h4-28,37-38H,29-31H2,1-3H3,(H,45,50)(H,46,51)(H,47,52)(H,48,49)/t37-,38-/m0/s1. The number of carbonyl (C=O) groups is 4. The lowest BCUT2D eigenvalue weighted by atomic mass is 9.77. The molecule has 9 heteroatoms. The molecule has 0 saturated carbocycles. The fraction of sp³-hybridized carbons (Fsp3) is 0.227. The van der Waals surface area contributed by atoms with Gasteiger partial charge in [0.15, 0.2) is 0 Å². The molecule has 4 N–H and O–H groups in total. The summed E-state index contributed by atoms with van der Waals surface area (Å²) in [5, 5.41) is 11.6. The fourth-order valence-corrected chi connectivity index (χ4v) is 6.13. The maximum absolute atomic E-state index is 14.4. The average Bonchev–Trinajstić information content (AvgIpc) is 3.16. The first-order valence-corrected chi connectivity index (χ1v) is 17.7. The molecule has 0 unspecified atom stereocenters. The number of carbonyl (C=O) groups excluding carboxylic acids is 4. The van der Waals surface area contributed by atoms with Crippen molar-refractivity contribution in [2.75, 3.05) is 0 Å². The Kier molecular flexibility index (Phi) is 12.8. The minimum absolute atomic E-state index is 0.121. The number of benzene rings is 5. The average molecular weight is 711 g/mol. The van der Waals surface area contributed by atoms with Crippen LogP contribution in [0.15, 0.2) is 152 Å². The van der Waals surface area contributed by atoms with E-state index in [2.05, 4.69) is 21.3 Å². The van der Waals surface area contributed by atoms with Gasteiger partial charge in [0.2, 0.25) is 17.7 Å². The summed E-state index contributed by atoms with van der Waals surface area (Å²) in [6.07, 6.45) is -1.06. The molecule has 0 aromatic heterocycles. The van der Waals surface area contributed by atoms with Gasteiger partial charge in [-0.05, 0) is 48.6 Å². The Morgan fingerprint density at radius 1 is 0.547 bits per heavy atom. The van der Waals surface area contributed by atoms with Gasteiger partial charge in [0, 0.05) is 13.0 Å². The molecule has 5 aromatic rings. The van der Waals surface area contributed by atoms with Crippen LogP contribution in [0.4, 0.5) is 4.79 Å². The summed E-state index contributed by atoms with van der Waals surface area (Å²) in [6, 6.07) is 45.0. The van der Waals surface area contributed by atoms with E-state index < -0.39 is 53.5 Å². The smallest absolute Gasteiger partial charge is 0.408 e. The summed E-state index contributed by atoms with van der Waals surface area (Å²) in [4.78, 5) is 55.3. The molecule has 0 saturated heterocycles. The molecule has 0 bridgehead atoms. The molecule has 2 atom stereocenters. The summed E-state index contributed by atoms with van der Waals surface area (Å²) in [7, 11) is 0. The second-order valence-corrected chi connectivity index (χ2v) is 13.8. The van der Waals surface area contributed by atoms with Crippen molar-refractivity contribution < 1.29 is 23.9 Å². The van der Waals surface area contributed by atoms with Crippen LogP contribution in [0.5, 0.6) is 0 Å². The van der Waals surface area contributed by atoms with Crippen LogP contribution >= 0.6 is 0 Å². The van der Waals surface area contributed by atoms with Crippen LogP contribution in [-0.2, 0) is 37.6 Å². The number of hydrogen-bond acceptors (Lipinski definition) is 5. The largest absolute Gasteiger partial charge is 0.444 e. The highest BCUT2D eigenvalue weighted by Gasteiger charge is 2.39. The third-order valence-corrected chi connectivity index (χ3v) is 8.57. The first-order chi connectivity index (χ1) is 25.5. The van der Waals surface area contributed by atoms with Crippen molar-refractivity contribution in [3.63, 3.8) is 0 Å². The van der Waals surface area contributed by atoms with Crippen molar-refractivity contribution >= 4 is 23.8 Å². The molecule has 5 rings (SSSR count). The molecule has 9 nitrogen and oxygen atoms in total. The number of ether oxygens (including phenoxy) is 1. The van der Waals surface area contributed by atoms with Crippen molar-refractivity contribution in [2.24, 2.45) is 0 Å². The van der Waals surface area contributed by atoms with Gasteiger partial charge in [-0.2, -0.15) is 0 Å². The highest BCUT2D eigenvalue weighted by Crippen LogP contribution is 2.37. The third-order valence-electron chi connectivity index (χ3n) is 8.57. The van der Waals surface area contributed by atoms with Crippen LogP contribution < -0.4 is 21.3 Å². The molecular formula is C44H46N4O5. The number of amides is 4. The second-order valence-electron chi connectivity index (χ2n) is 13.8. The van der Waals surface area contributed by atoms with Crippen LogP contribution in [-0.4, -0.2) is 41.5 Å². The second kappa shape index (κ2) is 17.8. The predicted octanol–water partition coefficient (Wildman–Crippen LogP) is 6.42. The zero-order chi connectivity index (χ0) is 37.7. The van der Waals surface area contributed by atoms with E-state index in [9.17, 15) is 19.2 Å². The van der Waals surface area contributed by atoms with Crippen molar-refractivity contribution in [1.29, 1.82) is 0 Å². The quantitative estimate of drug-likeness (QED) is 0.0991. The lowest BCUT2D eigenvalue weighted by Crippen LogP contribution is -2.56. The van der Waals surface area contributed by atoms with Crippen LogP contribution in [0.2, 0.25) is 0 Å². The molecule has 272 valence electrons. The monoisotopic (exact) mass is 710 g/mol. The van der Waals surface area contributed by atoms with Gasteiger partial charge in [0.25, 0.3) is 0 Å². The Balaban J connectivity index is 1.47. The van der Waals surface area contributed by atoms with Gasteiger partial charge in [-0.15, -0.1) is 0 Å². The Morgan fingerprint density at radius 3 is 1.43 bits per heavy atom. The maximum atomic E-state index is 14.4. The zero-order valence-electron chi connectivity index (χ0n) is 30.3. The molecule has 5 aromatic carbocycles. The fourth-order valence-electron chi connectivity index (χ4n) is 6.13. The molecule has 0 aliphatic rings. The summed E-state index contributed by atoms with van der Waals surface area (Å²) >= 11 is 0. The normalized spacial score (nSPS) is 12.4. The molecule has 4 amide bonds. The lowest BCUT2D eigenvalue weighted by Gasteiger charge is -2.37. The van der Waals surface area contributed by atoms with E-state index in [0.717, 1.165) is 27.8 Å². The molecule has 0 fully saturated rings. The third kappa shape index (κ3) is 10.6. The number of hydrogen-bond donors (Lipinski definition) is 4. The van der Waals surface area contributed by atoms with E-state index in [1.807, 2.05) is 152 Å². The summed E-state index contributed by atoms with van der Waals surface area (Å²) in [5.41, 5.74) is 2.12. The summed E-state index contributed by atoms with van der Waals surface area (Å²) < 4.78 is 5.47. The Bertz CT molecular complexity index is 1840. The van der Waals surface area contributed by atoms with Gasteiger partial charge in [-0.25, -0.2) is 4.79 Å².